The number of carbonyl (C=O) groups excluding carboxylic acids is 1. The summed E-state index contributed by atoms with van der Waals surface area (Å²) in [6.45, 7) is 3.98. The van der Waals surface area contributed by atoms with Gasteiger partial charge in [-0.05, 0) is 55.1 Å². The van der Waals surface area contributed by atoms with Crippen LogP contribution in [0.15, 0.2) is 47.3 Å². The number of primary amides is 1. The van der Waals surface area contributed by atoms with Gasteiger partial charge >= 0.3 is 6.03 Å². The van der Waals surface area contributed by atoms with Crippen LogP contribution in [0.3, 0.4) is 0 Å². The number of nitrogens with two attached hydrogens (primary N) is 1. The minimum atomic E-state index is -0.944. The first-order chi connectivity index (χ1) is 13.8. The van der Waals surface area contributed by atoms with E-state index in [2.05, 4.69) is 16.8 Å². The van der Waals surface area contributed by atoms with Crippen LogP contribution >= 0.6 is 11.3 Å². The number of rotatable bonds is 5. The summed E-state index contributed by atoms with van der Waals surface area (Å²) in [4.78, 5) is 26.9. The molecule has 2 aromatic heterocycles. The molecule has 1 aromatic carbocycles. The van der Waals surface area contributed by atoms with Crippen molar-refractivity contribution in [3.8, 4) is 11.8 Å². The predicted molar refractivity (Wildman–Crippen MR) is 112 cm³/mol. The summed E-state index contributed by atoms with van der Waals surface area (Å²) in [5, 5.41) is 10.8. The van der Waals surface area contributed by atoms with E-state index in [0.29, 0.717) is 11.7 Å². The van der Waals surface area contributed by atoms with Crippen LogP contribution in [0.4, 0.5) is 4.79 Å². The molecule has 2 unspecified atom stereocenters. The molecule has 29 heavy (non-hydrogen) atoms. The van der Waals surface area contributed by atoms with Gasteiger partial charge in [-0.1, -0.05) is 17.9 Å². The zero-order valence-electron chi connectivity index (χ0n) is 16.0. The number of hydroxylamine groups is 2. The average Bonchev–Trinajstić information content (AvgIpc) is 3.18. The maximum Gasteiger partial charge on any atom is 0.339 e. The van der Waals surface area contributed by atoms with E-state index in [1.807, 2.05) is 37.3 Å². The summed E-state index contributed by atoms with van der Waals surface area (Å²) >= 11 is 1.49. The first-order valence-corrected chi connectivity index (χ1v) is 9.77. The minimum absolute atomic E-state index is 0.123. The quantitative estimate of drug-likeness (QED) is 0.340. The van der Waals surface area contributed by atoms with E-state index < -0.39 is 12.1 Å². The number of hydrogen-bond donors (Lipinski definition) is 3. The van der Waals surface area contributed by atoms with Gasteiger partial charge in [0.1, 0.15) is 6.04 Å². The van der Waals surface area contributed by atoms with Crippen molar-refractivity contribution < 1.29 is 14.7 Å². The molecule has 0 spiro atoms. The van der Waals surface area contributed by atoms with Gasteiger partial charge in [-0.2, -0.15) is 5.06 Å². The monoisotopic (exact) mass is 411 g/mol. The summed E-state index contributed by atoms with van der Waals surface area (Å²) in [7, 11) is 0. The predicted octanol–water partition coefficient (Wildman–Crippen LogP) is 3.38. The molecule has 3 rings (SSSR count). The SMILES string of the molecule is CC(OCc1ccc2[nH]c(=O)ccc2c1)c1ccc(C#CC(C)N(O)C(N)=O)s1. The topological polar surface area (TPSA) is 109 Å². The van der Waals surface area contributed by atoms with Crippen LogP contribution in [0.25, 0.3) is 10.9 Å². The van der Waals surface area contributed by atoms with Crippen molar-refractivity contribution in [2.75, 3.05) is 0 Å². The number of hydrogen-bond acceptors (Lipinski definition) is 5. The molecule has 3 aromatic rings. The molecule has 0 bridgehead atoms. The lowest BCUT2D eigenvalue weighted by atomic mass is 10.1. The molecule has 8 heteroatoms. The number of ether oxygens (including phenoxy) is 1. The Morgan fingerprint density at radius 2 is 2.07 bits per heavy atom. The summed E-state index contributed by atoms with van der Waals surface area (Å²) in [6.07, 6.45) is -0.126. The molecule has 0 radical (unpaired) electrons. The summed E-state index contributed by atoms with van der Waals surface area (Å²) in [5.74, 6) is 5.71. The number of pyridine rings is 1. The Balaban J connectivity index is 1.62. The highest BCUT2D eigenvalue weighted by Gasteiger charge is 2.12. The number of H-pyrrole nitrogens is 1. The number of amides is 2. The Hall–Kier alpha value is -3.12. The molecular weight excluding hydrogens is 390 g/mol. The standard InChI is InChI=1S/C21H21N3O4S/c1-13(24(27)21(22)26)3-6-17-7-9-19(29-17)14(2)28-12-15-4-8-18-16(11-15)5-10-20(25)23-18/h4-5,7-11,13-14,27H,12H2,1-2H3,(H2,22,26)(H,23,25). The Morgan fingerprint density at radius 3 is 2.83 bits per heavy atom. The van der Waals surface area contributed by atoms with Crippen molar-refractivity contribution in [2.24, 2.45) is 5.73 Å². The number of aromatic amines is 1. The lowest BCUT2D eigenvalue weighted by Gasteiger charge is -2.14. The Kier molecular flexibility index (Phi) is 6.34. The van der Waals surface area contributed by atoms with Gasteiger partial charge in [-0.3, -0.25) is 10.0 Å². The zero-order valence-corrected chi connectivity index (χ0v) is 16.8. The maximum atomic E-state index is 11.4. The molecule has 0 saturated heterocycles. The molecule has 2 amide bonds. The van der Waals surface area contributed by atoms with E-state index in [1.54, 1.807) is 13.0 Å². The average molecular weight is 411 g/mol. The van der Waals surface area contributed by atoms with Crippen molar-refractivity contribution >= 4 is 28.3 Å². The van der Waals surface area contributed by atoms with Gasteiger partial charge in [0.2, 0.25) is 5.56 Å². The highest BCUT2D eigenvalue weighted by atomic mass is 32.1. The van der Waals surface area contributed by atoms with Gasteiger partial charge in [-0.15, -0.1) is 11.3 Å². The molecule has 150 valence electrons. The van der Waals surface area contributed by atoms with Crippen LogP contribution in [-0.4, -0.2) is 27.3 Å². The molecule has 0 fully saturated rings. The third-order valence-electron chi connectivity index (χ3n) is 4.31. The third kappa shape index (κ3) is 5.23. The molecule has 0 saturated carbocycles. The van der Waals surface area contributed by atoms with Crippen molar-refractivity contribution in [1.29, 1.82) is 0 Å². The van der Waals surface area contributed by atoms with Gasteiger partial charge in [0, 0.05) is 16.5 Å². The van der Waals surface area contributed by atoms with Crippen molar-refractivity contribution in [1.82, 2.24) is 10.0 Å². The molecule has 2 heterocycles. The second-order valence-corrected chi connectivity index (χ2v) is 7.64. The van der Waals surface area contributed by atoms with E-state index in [4.69, 9.17) is 10.5 Å². The van der Waals surface area contributed by atoms with Crippen LogP contribution in [0.2, 0.25) is 0 Å². The van der Waals surface area contributed by atoms with Crippen LogP contribution in [-0.2, 0) is 11.3 Å². The van der Waals surface area contributed by atoms with Gasteiger partial charge in [0.15, 0.2) is 0 Å². The number of fused-ring (bicyclic) bond motifs is 1. The number of thiophene rings is 1. The molecule has 0 aliphatic carbocycles. The minimum Gasteiger partial charge on any atom is -0.368 e. The number of nitrogens with zero attached hydrogens (tertiary/aromatic N) is 1. The number of benzene rings is 1. The molecule has 4 N–H and O–H groups in total. The normalized spacial score (nSPS) is 12.8. The molecule has 0 aliphatic heterocycles. The highest BCUT2D eigenvalue weighted by molar-refractivity contribution is 7.12. The van der Waals surface area contributed by atoms with Crippen LogP contribution in [0, 0.1) is 11.8 Å². The smallest absolute Gasteiger partial charge is 0.339 e. The number of carbonyl (C=O) groups is 1. The molecule has 7 nitrogen and oxygen atoms in total. The summed E-state index contributed by atoms with van der Waals surface area (Å²) < 4.78 is 5.98. The van der Waals surface area contributed by atoms with Gasteiger partial charge in [-0.25, -0.2) is 4.79 Å². The number of aromatic nitrogens is 1. The van der Waals surface area contributed by atoms with Crippen molar-refractivity contribution in [2.45, 2.75) is 32.6 Å². The Labute approximate surface area is 171 Å². The van der Waals surface area contributed by atoms with Crippen LogP contribution in [0.5, 0.6) is 0 Å². The van der Waals surface area contributed by atoms with E-state index in [1.165, 1.54) is 17.4 Å². The first kappa shape index (κ1) is 20.6. The second kappa shape index (κ2) is 8.92. The third-order valence-corrected chi connectivity index (χ3v) is 5.47. The largest absolute Gasteiger partial charge is 0.368 e. The fourth-order valence-corrected chi connectivity index (χ4v) is 3.53. The second-order valence-electron chi connectivity index (χ2n) is 6.53. The van der Waals surface area contributed by atoms with Gasteiger partial charge < -0.3 is 15.5 Å². The Bertz CT molecular complexity index is 1140. The summed E-state index contributed by atoms with van der Waals surface area (Å²) in [5.41, 5.74) is 6.69. The fourth-order valence-electron chi connectivity index (χ4n) is 2.66. The molecule has 2 atom stereocenters. The highest BCUT2D eigenvalue weighted by Crippen LogP contribution is 2.26. The van der Waals surface area contributed by atoms with E-state index in [9.17, 15) is 14.8 Å². The molecular formula is C21H21N3O4S. The van der Waals surface area contributed by atoms with Gasteiger partial charge in [0.05, 0.1) is 17.6 Å². The van der Waals surface area contributed by atoms with E-state index >= 15 is 0 Å². The fraction of sp³-hybridized carbons (Fsp3) is 0.238. The van der Waals surface area contributed by atoms with Gasteiger partial charge in [0.25, 0.3) is 0 Å². The van der Waals surface area contributed by atoms with Crippen LogP contribution < -0.4 is 11.3 Å². The first-order valence-electron chi connectivity index (χ1n) is 8.96. The Morgan fingerprint density at radius 1 is 1.28 bits per heavy atom. The molecule has 0 aliphatic rings. The number of nitrogens with one attached hydrogen (secondary N) is 1. The van der Waals surface area contributed by atoms with Crippen LogP contribution in [0.1, 0.15) is 35.3 Å². The zero-order chi connectivity index (χ0) is 21.0. The summed E-state index contributed by atoms with van der Waals surface area (Å²) in [6, 6.07) is 11.3. The maximum absolute atomic E-state index is 11.4. The van der Waals surface area contributed by atoms with Crippen molar-refractivity contribution in [3.05, 3.63) is 68.1 Å². The van der Waals surface area contributed by atoms with E-state index in [0.717, 1.165) is 26.2 Å². The van der Waals surface area contributed by atoms with E-state index in [-0.39, 0.29) is 11.7 Å². The number of urea groups is 1. The lowest BCUT2D eigenvalue weighted by molar-refractivity contribution is -0.0536. The lowest BCUT2D eigenvalue weighted by Crippen LogP contribution is -2.38. The van der Waals surface area contributed by atoms with Crippen molar-refractivity contribution in [3.63, 3.8) is 0 Å².